The first-order valence-corrected chi connectivity index (χ1v) is 12.5. The summed E-state index contributed by atoms with van der Waals surface area (Å²) in [5, 5.41) is 3.17. The van der Waals surface area contributed by atoms with Crippen LogP contribution in [0, 0.1) is 0 Å². The number of para-hydroxylation sites is 1. The van der Waals surface area contributed by atoms with Gasteiger partial charge in [-0.1, -0.05) is 12.1 Å². The summed E-state index contributed by atoms with van der Waals surface area (Å²) in [5.41, 5.74) is 3.04. The Labute approximate surface area is 221 Å². The summed E-state index contributed by atoms with van der Waals surface area (Å²) < 4.78 is 22.3. The number of rotatable bonds is 10. The summed E-state index contributed by atoms with van der Waals surface area (Å²) in [7, 11) is 5.09. The highest BCUT2D eigenvalue weighted by atomic mass is 16.5. The molecule has 2 aromatic carbocycles. The van der Waals surface area contributed by atoms with E-state index in [1.807, 2.05) is 42.5 Å². The number of carbonyl (C=O) groups is 1. The zero-order valence-corrected chi connectivity index (χ0v) is 21.7. The number of nitrogens with zero attached hydrogens (tertiary/aromatic N) is 4. The lowest BCUT2D eigenvalue weighted by Gasteiger charge is -2.26. The molecular weight excluding hydrogens is 486 g/mol. The fraction of sp³-hybridized carbons (Fsp3) is 0.321. The van der Waals surface area contributed by atoms with Crippen LogP contribution in [0.3, 0.4) is 0 Å². The number of anilines is 3. The summed E-state index contributed by atoms with van der Waals surface area (Å²) in [6, 6.07) is 13.8. The molecule has 10 heteroatoms. The van der Waals surface area contributed by atoms with E-state index in [1.165, 1.54) is 6.39 Å². The summed E-state index contributed by atoms with van der Waals surface area (Å²) in [4.78, 5) is 25.5. The van der Waals surface area contributed by atoms with Gasteiger partial charge in [-0.15, -0.1) is 0 Å². The zero-order valence-electron chi connectivity index (χ0n) is 21.7. The molecular formula is C28H31N5O5. The first-order chi connectivity index (χ1) is 18.6. The van der Waals surface area contributed by atoms with E-state index in [0.29, 0.717) is 36.4 Å². The van der Waals surface area contributed by atoms with E-state index in [2.05, 4.69) is 20.2 Å². The van der Waals surface area contributed by atoms with Crippen molar-refractivity contribution in [2.45, 2.75) is 18.9 Å². The molecule has 0 unspecified atom stereocenters. The van der Waals surface area contributed by atoms with Gasteiger partial charge in [0.25, 0.3) is 6.01 Å². The van der Waals surface area contributed by atoms with Crippen LogP contribution in [0.1, 0.15) is 12.8 Å². The van der Waals surface area contributed by atoms with Crippen molar-refractivity contribution in [3.05, 3.63) is 61.3 Å². The lowest BCUT2D eigenvalue weighted by molar-refractivity contribution is -0.119. The third kappa shape index (κ3) is 5.41. The highest BCUT2D eigenvalue weighted by molar-refractivity contribution is 5.98. The zero-order chi connectivity index (χ0) is 26.5. The number of benzene rings is 2. The van der Waals surface area contributed by atoms with Gasteiger partial charge in [0.2, 0.25) is 5.91 Å². The third-order valence-electron chi connectivity index (χ3n) is 6.76. The van der Waals surface area contributed by atoms with Crippen LogP contribution in [0.5, 0.6) is 5.75 Å². The topological polar surface area (TPSA) is 106 Å². The lowest BCUT2D eigenvalue weighted by Crippen LogP contribution is -2.42. The van der Waals surface area contributed by atoms with E-state index < -0.39 is 0 Å². The van der Waals surface area contributed by atoms with Crippen LogP contribution in [-0.2, 0) is 9.53 Å². The van der Waals surface area contributed by atoms with Gasteiger partial charge >= 0.3 is 0 Å². The van der Waals surface area contributed by atoms with Crippen molar-refractivity contribution >= 4 is 23.3 Å². The maximum Gasteiger partial charge on any atom is 0.299 e. The number of amides is 1. The number of hydrogen-bond acceptors (Lipinski definition) is 9. The minimum Gasteiger partial charge on any atom is -0.496 e. The molecule has 10 nitrogen and oxygen atoms in total. The second kappa shape index (κ2) is 11.5. The van der Waals surface area contributed by atoms with Crippen LogP contribution in [0.25, 0.3) is 22.6 Å². The van der Waals surface area contributed by atoms with Gasteiger partial charge in [-0.3, -0.25) is 9.69 Å². The summed E-state index contributed by atoms with van der Waals surface area (Å²) in [6.45, 7) is 1.88. The van der Waals surface area contributed by atoms with Crippen LogP contribution in [0.4, 0.5) is 17.4 Å². The van der Waals surface area contributed by atoms with E-state index in [9.17, 15) is 4.79 Å². The molecule has 3 heterocycles. The molecule has 0 saturated carbocycles. The number of hydrogen-bond donors (Lipinski definition) is 1. The van der Waals surface area contributed by atoms with E-state index in [1.54, 1.807) is 38.6 Å². The molecule has 1 atom stereocenters. The van der Waals surface area contributed by atoms with Crippen LogP contribution in [-0.4, -0.2) is 67.8 Å². The van der Waals surface area contributed by atoms with Gasteiger partial charge in [0, 0.05) is 37.5 Å². The number of likely N-dealkylation sites (N-methyl/N-ethyl adjacent to an activating group) is 1. The number of oxazole rings is 2. The molecule has 0 bridgehead atoms. The Kier molecular flexibility index (Phi) is 7.71. The van der Waals surface area contributed by atoms with Crippen LogP contribution >= 0.6 is 0 Å². The number of carbonyl (C=O) groups excluding carboxylic acids is 1. The Balaban J connectivity index is 1.32. The Hall–Kier alpha value is -4.15. The standard InChI is InChI=1S/C28H31N5O5/c1-32(27(34)16-33-12-6-7-20(33)17-35-2)23-9-5-4-8-21(23)26-15-30-28(38-26)31-19-10-11-22(24(13-19)36-3)25-14-29-18-37-25/h4-5,8-11,13-15,18,20H,6-7,12,16-17H2,1-3H3,(H,30,31)/t20-/m0/s1. The molecule has 0 spiro atoms. The van der Waals surface area contributed by atoms with Crippen molar-refractivity contribution in [3.8, 4) is 28.4 Å². The second-order valence-corrected chi connectivity index (χ2v) is 9.13. The first kappa shape index (κ1) is 25.5. The van der Waals surface area contributed by atoms with E-state index in [0.717, 1.165) is 41.9 Å². The van der Waals surface area contributed by atoms with Crippen molar-refractivity contribution in [1.82, 2.24) is 14.9 Å². The van der Waals surface area contributed by atoms with Gasteiger partial charge in [0.1, 0.15) is 5.75 Å². The molecule has 4 aromatic rings. The smallest absolute Gasteiger partial charge is 0.299 e. The third-order valence-corrected chi connectivity index (χ3v) is 6.76. The molecule has 1 aliphatic rings. The summed E-state index contributed by atoms with van der Waals surface area (Å²) >= 11 is 0. The minimum absolute atomic E-state index is 0.0114. The van der Waals surface area contributed by atoms with Crippen LogP contribution in [0.2, 0.25) is 0 Å². The maximum atomic E-state index is 13.2. The molecule has 0 aliphatic carbocycles. The SMILES string of the molecule is COC[C@@H]1CCCN1CC(=O)N(C)c1ccccc1-c1cnc(Nc2ccc(-c3cnco3)c(OC)c2)o1. The molecule has 0 radical (unpaired) electrons. The van der Waals surface area contributed by atoms with Gasteiger partial charge in [-0.25, -0.2) is 9.97 Å². The highest BCUT2D eigenvalue weighted by Crippen LogP contribution is 2.35. The Morgan fingerprint density at radius 1 is 1.16 bits per heavy atom. The van der Waals surface area contributed by atoms with Gasteiger partial charge in [0.15, 0.2) is 17.9 Å². The van der Waals surface area contributed by atoms with Crippen molar-refractivity contribution in [1.29, 1.82) is 0 Å². The fourth-order valence-electron chi connectivity index (χ4n) is 4.77. The first-order valence-electron chi connectivity index (χ1n) is 12.5. The van der Waals surface area contributed by atoms with Crippen molar-refractivity contribution in [2.75, 3.05) is 51.2 Å². The van der Waals surface area contributed by atoms with Gasteiger partial charge in [0.05, 0.1) is 43.9 Å². The molecule has 5 rings (SSSR count). The van der Waals surface area contributed by atoms with E-state index in [-0.39, 0.29) is 11.9 Å². The quantitative estimate of drug-likeness (QED) is 0.317. The van der Waals surface area contributed by atoms with Gasteiger partial charge in [-0.05, 0) is 43.7 Å². The largest absolute Gasteiger partial charge is 0.496 e. The molecule has 1 amide bonds. The van der Waals surface area contributed by atoms with Gasteiger partial charge in [-0.2, -0.15) is 0 Å². The van der Waals surface area contributed by atoms with Crippen molar-refractivity contribution in [3.63, 3.8) is 0 Å². The maximum absolute atomic E-state index is 13.2. The molecule has 1 aliphatic heterocycles. The number of methoxy groups -OCH3 is 2. The van der Waals surface area contributed by atoms with Crippen molar-refractivity contribution < 1.29 is 23.1 Å². The molecule has 2 aromatic heterocycles. The minimum atomic E-state index is 0.0114. The Morgan fingerprint density at radius 2 is 2.03 bits per heavy atom. The second-order valence-electron chi connectivity index (χ2n) is 9.13. The van der Waals surface area contributed by atoms with Crippen LogP contribution in [0.15, 0.2) is 70.1 Å². The summed E-state index contributed by atoms with van der Waals surface area (Å²) in [5.74, 6) is 1.79. The van der Waals surface area contributed by atoms with Crippen LogP contribution < -0.4 is 15.0 Å². The predicted octanol–water partition coefficient (Wildman–Crippen LogP) is 4.82. The average molecular weight is 518 g/mol. The Morgan fingerprint density at radius 3 is 2.82 bits per heavy atom. The van der Waals surface area contributed by atoms with E-state index in [4.69, 9.17) is 18.3 Å². The predicted molar refractivity (Wildman–Crippen MR) is 144 cm³/mol. The molecule has 38 heavy (non-hydrogen) atoms. The molecule has 198 valence electrons. The highest BCUT2D eigenvalue weighted by Gasteiger charge is 2.28. The monoisotopic (exact) mass is 517 g/mol. The lowest BCUT2D eigenvalue weighted by atomic mass is 10.1. The number of ether oxygens (including phenoxy) is 2. The number of aromatic nitrogens is 2. The fourth-order valence-corrected chi connectivity index (χ4v) is 4.77. The summed E-state index contributed by atoms with van der Waals surface area (Å²) in [6.07, 6.45) is 6.78. The van der Waals surface area contributed by atoms with Crippen molar-refractivity contribution in [2.24, 2.45) is 0 Å². The normalized spacial score (nSPS) is 15.5. The molecule has 1 fully saturated rings. The molecule has 1 N–H and O–H groups in total. The Bertz CT molecular complexity index is 1370. The average Bonchev–Trinajstić information content (AvgIpc) is 3.72. The van der Waals surface area contributed by atoms with Gasteiger partial charge < -0.3 is 28.5 Å². The number of likely N-dealkylation sites (tertiary alicyclic amines) is 1. The van der Waals surface area contributed by atoms with E-state index >= 15 is 0 Å². The molecule has 1 saturated heterocycles. The number of nitrogens with one attached hydrogen (secondary N) is 1.